The smallest absolute Gasteiger partial charge is 0.325 e. The number of hydrogen-bond donors (Lipinski definition) is 2. The first-order valence-electron chi connectivity index (χ1n) is 12.7. The zero-order valence-corrected chi connectivity index (χ0v) is 22.5. The van der Waals surface area contributed by atoms with E-state index >= 15 is 0 Å². The Balaban J connectivity index is 1.58. The first kappa shape index (κ1) is 26.8. The van der Waals surface area contributed by atoms with E-state index in [0.29, 0.717) is 0 Å². The van der Waals surface area contributed by atoms with Crippen LogP contribution < -0.4 is 11.2 Å². The minimum absolute atomic E-state index is 0.0562. The Hall–Kier alpha value is -3.79. The molecule has 1 saturated heterocycles. The summed E-state index contributed by atoms with van der Waals surface area (Å²) in [5, 5.41) is -0.898. The molecule has 0 saturated carbocycles. The molecule has 202 valence electrons. The number of sulfone groups is 1. The third-order valence-corrected chi connectivity index (χ3v) is 8.89. The molecule has 39 heavy (non-hydrogen) atoms. The van der Waals surface area contributed by atoms with Crippen LogP contribution in [0.4, 0.5) is 0 Å². The summed E-state index contributed by atoms with van der Waals surface area (Å²) in [4.78, 5) is 29.0. The Kier molecular flexibility index (Phi) is 7.40. The van der Waals surface area contributed by atoms with Crippen molar-refractivity contribution >= 4 is 9.84 Å². The predicted octanol–water partition coefficient (Wildman–Crippen LogP) is 3.62. The summed E-state index contributed by atoms with van der Waals surface area (Å²) in [6.45, 7) is 1.51. The van der Waals surface area contributed by atoms with Gasteiger partial charge < -0.3 is 14.5 Å². The van der Waals surface area contributed by atoms with E-state index in [-0.39, 0.29) is 24.3 Å². The molecule has 2 N–H and O–H groups in total. The fourth-order valence-corrected chi connectivity index (χ4v) is 6.58. The van der Waals surface area contributed by atoms with Crippen molar-refractivity contribution in [2.24, 2.45) is 0 Å². The van der Waals surface area contributed by atoms with Crippen LogP contribution in [0.3, 0.4) is 0 Å². The molecule has 8 nitrogen and oxygen atoms in total. The highest BCUT2D eigenvalue weighted by molar-refractivity contribution is 7.91. The van der Waals surface area contributed by atoms with Crippen LogP contribution in [0.1, 0.15) is 40.5 Å². The number of benzene rings is 3. The summed E-state index contributed by atoms with van der Waals surface area (Å²) in [6, 6.07) is 29.3. The van der Waals surface area contributed by atoms with Crippen molar-refractivity contribution in [2.45, 2.75) is 36.4 Å². The number of nitrogens with one attached hydrogen (secondary N) is 2. The molecule has 1 fully saturated rings. The lowest BCUT2D eigenvalue weighted by molar-refractivity contribution is -0.0623. The van der Waals surface area contributed by atoms with E-state index in [1.165, 1.54) is 6.26 Å². The molecule has 3 aromatic carbocycles. The van der Waals surface area contributed by atoms with Crippen molar-refractivity contribution in [3.63, 3.8) is 0 Å². The molecule has 0 unspecified atom stereocenters. The molecule has 0 amide bonds. The highest BCUT2D eigenvalue weighted by atomic mass is 32.2. The maximum Gasteiger partial charge on any atom is 0.325 e. The van der Waals surface area contributed by atoms with Crippen molar-refractivity contribution in [2.75, 3.05) is 12.9 Å². The lowest BCUT2D eigenvalue weighted by Crippen LogP contribution is -2.39. The van der Waals surface area contributed by atoms with Crippen LogP contribution in [0.5, 0.6) is 0 Å². The molecule has 4 aromatic rings. The van der Waals surface area contributed by atoms with E-state index < -0.39 is 44.1 Å². The van der Waals surface area contributed by atoms with Crippen molar-refractivity contribution in [1.82, 2.24) is 9.97 Å². The summed E-state index contributed by atoms with van der Waals surface area (Å²) >= 11 is 0. The van der Waals surface area contributed by atoms with Gasteiger partial charge in [0.15, 0.2) is 9.84 Å². The molecule has 0 bridgehead atoms. The predicted molar refractivity (Wildman–Crippen MR) is 148 cm³/mol. The van der Waals surface area contributed by atoms with E-state index in [9.17, 15) is 18.0 Å². The van der Waals surface area contributed by atoms with Crippen LogP contribution in [-0.4, -0.2) is 42.6 Å². The molecular formula is C30H30N2O6S. The first-order valence-corrected chi connectivity index (χ1v) is 14.6. The Morgan fingerprint density at radius 3 is 1.79 bits per heavy atom. The molecular weight excluding hydrogens is 516 g/mol. The van der Waals surface area contributed by atoms with Gasteiger partial charge in [0.2, 0.25) is 0 Å². The van der Waals surface area contributed by atoms with Crippen LogP contribution in [0.15, 0.2) is 101 Å². The van der Waals surface area contributed by atoms with Crippen molar-refractivity contribution in [1.29, 1.82) is 0 Å². The Morgan fingerprint density at radius 1 is 0.846 bits per heavy atom. The maximum absolute atomic E-state index is 12.9. The number of rotatable bonds is 8. The van der Waals surface area contributed by atoms with Gasteiger partial charge in [0.1, 0.15) is 5.60 Å². The molecule has 2 heterocycles. The van der Waals surface area contributed by atoms with E-state index in [1.54, 1.807) is 6.92 Å². The van der Waals surface area contributed by atoms with E-state index in [2.05, 4.69) is 9.97 Å². The monoisotopic (exact) mass is 546 g/mol. The quantitative estimate of drug-likeness (QED) is 0.326. The summed E-state index contributed by atoms with van der Waals surface area (Å²) in [7, 11) is -3.57. The lowest BCUT2D eigenvalue weighted by Gasteiger charge is -2.37. The van der Waals surface area contributed by atoms with Gasteiger partial charge in [0.05, 0.1) is 29.8 Å². The SMILES string of the molecule is Cc1c([C@H]2C[C@H](S(C)(=O)=O)[C@@H](COC(c3ccccc3)(c3ccccc3)c3ccccc3)O2)[nH]c(=O)[nH]c1=O. The van der Waals surface area contributed by atoms with E-state index in [0.717, 1.165) is 16.7 Å². The van der Waals surface area contributed by atoms with Gasteiger partial charge in [-0.3, -0.25) is 9.78 Å². The fourth-order valence-electron chi connectivity index (χ4n) is 5.36. The van der Waals surface area contributed by atoms with E-state index in [4.69, 9.17) is 9.47 Å². The van der Waals surface area contributed by atoms with Gasteiger partial charge in [-0.2, -0.15) is 0 Å². The van der Waals surface area contributed by atoms with Crippen molar-refractivity contribution in [3.8, 4) is 0 Å². The van der Waals surface area contributed by atoms with Gasteiger partial charge in [-0.25, -0.2) is 13.2 Å². The zero-order valence-electron chi connectivity index (χ0n) is 21.7. The molecule has 1 aliphatic rings. The summed E-state index contributed by atoms with van der Waals surface area (Å²) in [5.74, 6) is 0. The standard InChI is InChI=1S/C30H30N2O6S/c1-20-27(31-29(34)32-28(20)33)24-18-26(39(2,35)36)25(38-24)19-37-30(21-12-6-3-7-13-21,22-14-8-4-9-15-22)23-16-10-5-11-17-23/h3-17,24-26H,18-19H2,1-2H3,(H2,31,32,33,34)/t24-,25-,26+/m1/s1. The number of hydrogen-bond acceptors (Lipinski definition) is 6. The highest BCUT2D eigenvalue weighted by Crippen LogP contribution is 2.42. The normalized spacial score (nSPS) is 19.7. The van der Waals surface area contributed by atoms with Crippen LogP contribution >= 0.6 is 0 Å². The second-order valence-electron chi connectivity index (χ2n) is 9.80. The topological polar surface area (TPSA) is 118 Å². The van der Waals surface area contributed by atoms with Gasteiger partial charge in [-0.15, -0.1) is 0 Å². The van der Waals surface area contributed by atoms with Crippen LogP contribution in [0.2, 0.25) is 0 Å². The van der Waals surface area contributed by atoms with Crippen molar-refractivity contribution in [3.05, 3.63) is 140 Å². The molecule has 1 aliphatic heterocycles. The number of ether oxygens (including phenoxy) is 2. The van der Waals surface area contributed by atoms with Crippen LogP contribution in [-0.2, 0) is 24.9 Å². The summed E-state index contributed by atoms with van der Waals surface area (Å²) in [5.41, 5.74) is 0.926. The Labute approximate surface area is 226 Å². The lowest BCUT2D eigenvalue weighted by atomic mass is 9.80. The first-order chi connectivity index (χ1) is 18.7. The van der Waals surface area contributed by atoms with Gasteiger partial charge in [0.25, 0.3) is 5.56 Å². The summed E-state index contributed by atoms with van der Waals surface area (Å²) in [6.07, 6.45) is -0.374. The zero-order chi connectivity index (χ0) is 27.6. The van der Waals surface area contributed by atoms with E-state index in [1.807, 2.05) is 91.0 Å². The highest BCUT2D eigenvalue weighted by Gasteiger charge is 2.46. The van der Waals surface area contributed by atoms with Gasteiger partial charge in [-0.1, -0.05) is 91.0 Å². The van der Waals surface area contributed by atoms with Crippen LogP contribution in [0, 0.1) is 6.92 Å². The minimum Gasteiger partial charge on any atom is -0.365 e. The van der Waals surface area contributed by atoms with Crippen molar-refractivity contribution < 1.29 is 17.9 Å². The molecule has 3 atom stereocenters. The van der Waals surface area contributed by atoms with Gasteiger partial charge >= 0.3 is 5.69 Å². The molecule has 1 aromatic heterocycles. The maximum atomic E-state index is 12.9. The Bertz CT molecular complexity index is 1550. The second kappa shape index (κ2) is 10.8. The minimum atomic E-state index is -3.57. The number of H-pyrrole nitrogens is 2. The third kappa shape index (κ3) is 5.25. The number of aromatic nitrogens is 2. The second-order valence-corrected chi connectivity index (χ2v) is 12.1. The van der Waals surface area contributed by atoms with Gasteiger partial charge in [-0.05, 0) is 30.0 Å². The van der Waals surface area contributed by atoms with Crippen LogP contribution in [0.25, 0.3) is 0 Å². The molecule has 5 rings (SSSR count). The summed E-state index contributed by atoms with van der Waals surface area (Å²) < 4.78 is 38.9. The molecule has 0 radical (unpaired) electrons. The average molecular weight is 547 g/mol. The fraction of sp³-hybridized carbons (Fsp3) is 0.267. The largest absolute Gasteiger partial charge is 0.365 e. The third-order valence-electron chi connectivity index (χ3n) is 7.30. The number of aromatic amines is 2. The molecule has 9 heteroatoms. The molecule has 0 spiro atoms. The average Bonchev–Trinajstić information content (AvgIpc) is 3.38. The Morgan fingerprint density at radius 2 is 1.33 bits per heavy atom. The molecule has 0 aliphatic carbocycles. The van der Waals surface area contributed by atoms with Gasteiger partial charge in [0, 0.05) is 11.8 Å².